The van der Waals surface area contributed by atoms with Gasteiger partial charge in [0.15, 0.2) is 5.78 Å². The van der Waals surface area contributed by atoms with E-state index in [-0.39, 0.29) is 11.3 Å². The lowest BCUT2D eigenvalue weighted by Crippen LogP contribution is -2.39. The van der Waals surface area contributed by atoms with Crippen LogP contribution in [0.15, 0.2) is 24.3 Å². The molecule has 0 amide bonds. The molecule has 1 N–H and O–H groups in total. The highest BCUT2D eigenvalue weighted by atomic mass is 16.1. The Morgan fingerprint density at radius 2 is 1.65 bits per heavy atom. The van der Waals surface area contributed by atoms with E-state index in [4.69, 9.17) is 0 Å². The minimum absolute atomic E-state index is 0.00171. The number of nitrogens with one attached hydrogen (secondary N) is 1. The summed E-state index contributed by atoms with van der Waals surface area (Å²) in [7, 11) is 0. The summed E-state index contributed by atoms with van der Waals surface area (Å²) in [5.41, 5.74) is 2.42. The van der Waals surface area contributed by atoms with Crippen LogP contribution in [-0.4, -0.2) is 17.9 Å². The lowest BCUT2D eigenvalue weighted by atomic mass is 10.0. The Morgan fingerprint density at radius 1 is 1.12 bits per heavy atom. The van der Waals surface area contributed by atoms with Crippen molar-refractivity contribution in [3.8, 4) is 0 Å². The summed E-state index contributed by atoms with van der Waals surface area (Å²) in [4.78, 5) is 11.8. The van der Waals surface area contributed by atoms with Gasteiger partial charge >= 0.3 is 0 Å². The normalized spacial score (nSPS) is 11.5. The smallest absolute Gasteiger partial charge is 0.150 e. The Bertz CT molecular complexity index is 360. The van der Waals surface area contributed by atoms with Crippen LogP contribution in [0.2, 0.25) is 0 Å². The van der Waals surface area contributed by atoms with Crippen molar-refractivity contribution in [2.45, 2.75) is 46.1 Å². The fourth-order valence-corrected chi connectivity index (χ4v) is 1.55. The van der Waals surface area contributed by atoms with Gasteiger partial charge in [-0.05, 0) is 38.3 Å². The van der Waals surface area contributed by atoms with E-state index in [0.717, 1.165) is 12.0 Å². The predicted molar refractivity (Wildman–Crippen MR) is 72.3 cm³/mol. The van der Waals surface area contributed by atoms with Gasteiger partial charge in [0.2, 0.25) is 0 Å². The van der Waals surface area contributed by atoms with Gasteiger partial charge in [-0.3, -0.25) is 4.79 Å². The summed E-state index contributed by atoms with van der Waals surface area (Å²) in [6.45, 7) is 8.77. The van der Waals surface area contributed by atoms with Gasteiger partial charge in [0, 0.05) is 12.0 Å². The molecule has 0 bridgehead atoms. The van der Waals surface area contributed by atoms with Gasteiger partial charge in [-0.2, -0.15) is 0 Å². The van der Waals surface area contributed by atoms with E-state index in [1.165, 1.54) is 5.56 Å². The largest absolute Gasteiger partial charge is 0.305 e. The SMILES string of the molecule is CCc1ccc(CC(=O)CNC(C)(C)C)cc1. The van der Waals surface area contributed by atoms with Crippen LogP contribution in [0.1, 0.15) is 38.8 Å². The van der Waals surface area contributed by atoms with Crippen LogP contribution >= 0.6 is 0 Å². The van der Waals surface area contributed by atoms with Crippen molar-refractivity contribution in [2.75, 3.05) is 6.54 Å². The Kier molecular flexibility index (Phi) is 4.88. The van der Waals surface area contributed by atoms with Gasteiger partial charge < -0.3 is 5.32 Å². The monoisotopic (exact) mass is 233 g/mol. The van der Waals surface area contributed by atoms with Gasteiger partial charge in [-0.25, -0.2) is 0 Å². The molecular formula is C15H23NO. The number of ketones is 1. The average Bonchev–Trinajstić information content (AvgIpc) is 2.27. The Labute approximate surface area is 104 Å². The van der Waals surface area contributed by atoms with Crippen molar-refractivity contribution in [3.63, 3.8) is 0 Å². The number of carbonyl (C=O) groups excluding carboxylic acids is 1. The van der Waals surface area contributed by atoms with Crippen molar-refractivity contribution in [3.05, 3.63) is 35.4 Å². The maximum Gasteiger partial charge on any atom is 0.150 e. The number of rotatable bonds is 5. The third-order valence-corrected chi connectivity index (χ3v) is 2.65. The van der Waals surface area contributed by atoms with E-state index in [9.17, 15) is 4.79 Å². The van der Waals surface area contributed by atoms with E-state index in [2.05, 4.69) is 45.1 Å². The fourth-order valence-electron chi connectivity index (χ4n) is 1.55. The molecule has 2 nitrogen and oxygen atoms in total. The number of hydrogen-bond acceptors (Lipinski definition) is 2. The van der Waals surface area contributed by atoms with Crippen LogP contribution in [0, 0.1) is 0 Å². The number of Topliss-reactive ketones (excluding diaryl/α,β-unsaturated/α-hetero) is 1. The molecule has 17 heavy (non-hydrogen) atoms. The molecule has 0 unspecified atom stereocenters. The summed E-state index contributed by atoms with van der Waals surface area (Å²) < 4.78 is 0. The summed E-state index contributed by atoms with van der Waals surface area (Å²) in [6, 6.07) is 8.29. The summed E-state index contributed by atoms with van der Waals surface area (Å²) >= 11 is 0. The molecule has 0 aromatic heterocycles. The second-order valence-electron chi connectivity index (χ2n) is 5.49. The molecular weight excluding hydrogens is 210 g/mol. The summed E-state index contributed by atoms with van der Waals surface area (Å²) in [6.07, 6.45) is 1.56. The highest BCUT2D eigenvalue weighted by Crippen LogP contribution is 2.06. The molecule has 0 atom stereocenters. The van der Waals surface area contributed by atoms with Crippen LogP contribution in [-0.2, 0) is 17.6 Å². The lowest BCUT2D eigenvalue weighted by Gasteiger charge is -2.19. The molecule has 1 aromatic rings. The molecule has 0 spiro atoms. The maximum atomic E-state index is 11.8. The quantitative estimate of drug-likeness (QED) is 0.847. The van der Waals surface area contributed by atoms with Gasteiger partial charge in [0.25, 0.3) is 0 Å². The van der Waals surface area contributed by atoms with Gasteiger partial charge in [0.1, 0.15) is 0 Å². The third-order valence-electron chi connectivity index (χ3n) is 2.65. The van der Waals surface area contributed by atoms with Crippen molar-refractivity contribution < 1.29 is 4.79 Å². The first-order chi connectivity index (χ1) is 7.90. The van der Waals surface area contributed by atoms with E-state index >= 15 is 0 Å². The number of aryl methyl sites for hydroxylation is 1. The van der Waals surface area contributed by atoms with Crippen LogP contribution in [0.5, 0.6) is 0 Å². The second-order valence-corrected chi connectivity index (χ2v) is 5.49. The molecule has 0 aliphatic carbocycles. The van der Waals surface area contributed by atoms with Crippen molar-refractivity contribution in [1.82, 2.24) is 5.32 Å². The highest BCUT2D eigenvalue weighted by molar-refractivity contribution is 5.82. The van der Waals surface area contributed by atoms with Crippen LogP contribution < -0.4 is 5.32 Å². The van der Waals surface area contributed by atoms with Crippen LogP contribution in [0.4, 0.5) is 0 Å². The summed E-state index contributed by atoms with van der Waals surface area (Å²) in [5, 5.41) is 3.21. The first-order valence-electron chi connectivity index (χ1n) is 6.25. The average molecular weight is 233 g/mol. The van der Waals surface area contributed by atoms with Gasteiger partial charge in [-0.1, -0.05) is 31.2 Å². The van der Waals surface area contributed by atoms with Gasteiger partial charge in [-0.15, -0.1) is 0 Å². The molecule has 2 heteroatoms. The first-order valence-corrected chi connectivity index (χ1v) is 6.25. The number of hydrogen-bond donors (Lipinski definition) is 1. The molecule has 0 fully saturated rings. The Balaban J connectivity index is 2.45. The molecule has 1 rings (SSSR count). The molecule has 0 aliphatic rings. The maximum absolute atomic E-state index is 11.8. The van der Waals surface area contributed by atoms with Crippen molar-refractivity contribution in [1.29, 1.82) is 0 Å². The number of benzene rings is 1. The number of carbonyl (C=O) groups is 1. The van der Waals surface area contributed by atoms with Crippen LogP contribution in [0.3, 0.4) is 0 Å². The fraction of sp³-hybridized carbons (Fsp3) is 0.533. The topological polar surface area (TPSA) is 29.1 Å². The summed E-state index contributed by atoms with van der Waals surface area (Å²) in [5.74, 6) is 0.240. The Hall–Kier alpha value is -1.15. The minimum atomic E-state index is 0.00171. The zero-order chi connectivity index (χ0) is 12.9. The molecule has 1 aromatic carbocycles. The van der Waals surface area contributed by atoms with Gasteiger partial charge in [0.05, 0.1) is 6.54 Å². The third kappa shape index (κ3) is 5.64. The molecule has 0 aliphatic heterocycles. The Morgan fingerprint density at radius 3 is 2.12 bits per heavy atom. The standard InChI is InChI=1S/C15H23NO/c1-5-12-6-8-13(9-7-12)10-14(17)11-16-15(2,3)4/h6-9,16H,5,10-11H2,1-4H3. The van der Waals surface area contributed by atoms with E-state index < -0.39 is 0 Å². The minimum Gasteiger partial charge on any atom is -0.305 e. The molecule has 0 radical (unpaired) electrons. The first kappa shape index (κ1) is 13.9. The van der Waals surface area contributed by atoms with E-state index in [0.29, 0.717) is 13.0 Å². The molecule has 0 saturated carbocycles. The second kappa shape index (κ2) is 5.97. The molecule has 94 valence electrons. The van der Waals surface area contributed by atoms with E-state index in [1.807, 2.05) is 12.1 Å². The van der Waals surface area contributed by atoms with Crippen molar-refractivity contribution >= 4 is 5.78 Å². The van der Waals surface area contributed by atoms with Crippen LogP contribution in [0.25, 0.3) is 0 Å². The van der Waals surface area contributed by atoms with E-state index in [1.54, 1.807) is 0 Å². The highest BCUT2D eigenvalue weighted by Gasteiger charge is 2.11. The predicted octanol–water partition coefficient (Wildman–Crippen LogP) is 2.75. The zero-order valence-electron chi connectivity index (χ0n) is 11.3. The molecule has 0 saturated heterocycles. The lowest BCUT2D eigenvalue weighted by molar-refractivity contribution is -0.117. The van der Waals surface area contributed by atoms with Crippen molar-refractivity contribution in [2.24, 2.45) is 0 Å². The zero-order valence-corrected chi connectivity index (χ0v) is 11.3. The molecule has 0 heterocycles.